The molecular weight excluding hydrogens is 170 g/mol. The lowest BCUT2D eigenvalue weighted by atomic mass is 10.0. The van der Waals surface area contributed by atoms with E-state index in [4.69, 9.17) is 0 Å². The molecule has 0 fully saturated rings. The molecular formula is C7H13N5O. The molecule has 13 heavy (non-hydrogen) atoms. The van der Waals surface area contributed by atoms with E-state index in [-0.39, 0.29) is 17.3 Å². The average molecular weight is 183 g/mol. The van der Waals surface area contributed by atoms with Crippen molar-refractivity contribution in [1.82, 2.24) is 25.9 Å². The SMILES string of the molecule is CCC(C)(C)NC(=O)c1nn[nH]n1. The zero-order chi connectivity index (χ0) is 9.90. The van der Waals surface area contributed by atoms with Crippen LogP contribution in [-0.4, -0.2) is 32.1 Å². The zero-order valence-electron chi connectivity index (χ0n) is 7.96. The number of carbonyl (C=O) groups excluding carboxylic acids is 1. The minimum Gasteiger partial charge on any atom is -0.344 e. The standard InChI is InChI=1S/C7H13N5O/c1-4-7(2,3)8-6(13)5-9-11-12-10-5/h4H2,1-3H3,(H,8,13)(H,9,10,11,12). The van der Waals surface area contributed by atoms with E-state index in [0.717, 1.165) is 6.42 Å². The van der Waals surface area contributed by atoms with Crippen LogP contribution >= 0.6 is 0 Å². The van der Waals surface area contributed by atoms with Crippen molar-refractivity contribution in [1.29, 1.82) is 0 Å². The molecule has 1 rings (SSSR count). The van der Waals surface area contributed by atoms with E-state index in [9.17, 15) is 4.79 Å². The summed E-state index contributed by atoms with van der Waals surface area (Å²) in [6, 6.07) is 0. The first-order chi connectivity index (χ1) is 6.05. The van der Waals surface area contributed by atoms with E-state index < -0.39 is 0 Å². The number of hydrogen-bond donors (Lipinski definition) is 2. The third-order valence-electron chi connectivity index (χ3n) is 1.88. The largest absolute Gasteiger partial charge is 0.344 e. The number of nitrogens with zero attached hydrogens (tertiary/aromatic N) is 3. The summed E-state index contributed by atoms with van der Waals surface area (Å²) in [5.41, 5.74) is -0.238. The van der Waals surface area contributed by atoms with E-state index >= 15 is 0 Å². The first kappa shape index (κ1) is 9.63. The van der Waals surface area contributed by atoms with Crippen LogP contribution in [0.4, 0.5) is 0 Å². The van der Waals surface area contributed by atoms with Gasteiger partial charge in [-0.3, -0.25) is 4.79 Å². The summed E-state index contributed by atoms with van der Waals surface area (Å²) in [5.74, 6) is -0.234. The van der Waals surface area contributed by atoms with Crippen molar-refractivity contribution < 1.29 is 4.79 Å². The van der Waals surface area contributed by atoms with Crippen molar-refractivity contribution in [3.05, 3.63) is 5.82 Å². The molecule has 2 N–H and O–H groups in total. The Labute approximate surface area is 76.1 Å². The first-order valence-electron chi connectivity index (χ1n) is 4.11. The van der Waals surface area contributed by atoms with E-state index in [1.165, 1.54) is 0 Å². The van der Waals surface area contributed by atoms with Gasteiger partial charge in [0.15, 0.2) is 0 Å². The van der Waals surface area contributed by atoms with Crippen LogP contribution in [0.3, 0.4) is 0 Å². The topological polar surface area (TPSA) is 83.6 Å². The van der Waals surface area contributed by atoms with Crippen LogP contribution in [0.5, 0.6) is 0 Å². The fraction of sp³-hybridized carbons (Fsp3) is 0.714. The van der Waals surface area contributed by atoms with Gasteiger partial charge in [0.05, 0.1) is 0 Å². The Morgan fingerprint density at radius 3 is 2.77 bits per heavy atom. The van der Waals surface area contributed by atoms with Gasteiger partial charge >= 0.3 is 0 Å². The molecule has 0 aliphatic rings. The van der Waals surface area contributed by atoms with Crippen LogP contribution in [-0.2, 0) is 0 Å². The molecule has 6 nitrogen and oxygen atoms in total. The maximum absolute atomic E-state index is 11.4. The van der Waals surface area contributed by atoms with E-state index in [1.54, 1.807) is 0 Å². The molecule has 0 aliphatic carbocycles. The fourth-order valence-corrected chi connectivity index (χ4v) is 0.710. The molecule has 0 unspecified atom stereocenters. The molecule has 1 aromatic rings. The van der Waals surface area contributed by atoms with Gasteiger partial charge < -0.3 is 5.32 Å². The summed E-state index contributed by atoms with van der Waals surface area (Å²) < 4.78 is 0. The lowest BCUT2D eigenvalue weighted by molar-refractivity contribution is 0.0900. The molecule has 0 atom stereocenters. The monoisotopic (exact) mass is 183 g/mol. The molecule has 1 heterocycles. The summed E-state index contributed by atoms with van der Waals surface area (Å²) in [7, 11) is 0. The second-order valence-electron chi connectivity index (χ2n) is 3.43. The summed E-state index contributed by atoms with van der Waals surface area (Å²) in [6.45, 7) is 5.87. The van der Waals surface area contributed by atoms with Crippen LogP contribution in [0.25, 0.3) is 0 Å². The van der Waals surface area contributed by atoms with E-state index in [1.807, 2.05) is 20.8 Å². The maximum Gasteiger partial charge on any atom is 0.293 e. The minimum atomic E-state index is -0.305. The van der Waals surface area contributed by atoms with Gasteiger partial charge in [0.1, 0.15) is 0 Å². The fourth-order valence-electron chi connectivity index (χ4n) is 0.710. The van der Waals surface area contributed by atoms with Gasteiger partial charge in [-0.2, -0.15) is 5.21 Å². The second kappa shape index (κ2) is 3.51. The molecule has 0 saturated carbocycles. The number of carbonyl (C=O) groups is 1. The Bertz CT molecular complexity index is 279. The molecule has 1 aromatic heterocycles. The van der Waals surface area contributed by atoms with E-state index in [2.05, 4.69) is 25.9 Å². The number of aromatic amines is 1. The van der Waals surface area contributed by atoms with Crippen LogP contribution < -0.4 is 5.32 Å². The van der Waals surface area contributed by atoms with Crippen molar-refractivity contribution in [2.24, 2.45) is 0 Å². The van der Waals surface area contributed by atoms with Gasteiger partial charge in [0, 0.05) is 5.54 Å². The van der Waals surface area contributed by atoms with Gasteiger partial charge in [-0.25, -0.2) is 0 Å². The van der Waals surface area contributed by atoms with Gasteiger partial charge in [0.2, 0.25) is 0 Å². The Hall–Kier alpha value is -1.46. The Morgan fingerprint density at radius 2 is 2.31 bits per heavy atom. The highest BCUT2D eigenvalue weighted by molar-refractivity contribution is 5.90. The molecule has 0 bridgehead atoms. The predicted octanol–water partition coefficient (Wildman–Crippen LogP) is 0.118. The molecule has 0 aliphatic heterocycles. The van der Waals surface area contributed by atoms with Crippen LogP contribution in [0.2, 0.25) is 0 Å². The number of tetrazole rings is 1. The van der Waals surface area contributed by atoms with Crippen molar-refractivity contribution >= 4 is 5.91 Å². The summed E-state index contributed by atoms with van der Waals surface area (Å²) in [4.78, 5) is 11.4. The number of hydrogen-bond acceptors (Lipinski definition) is 4. The number of nitrogens with one attached hydrogen (secondary N) is 2. The lowest BCUT2D eigenvalue weighted by Crippen LogP contribution is -2.43. The summed E-state index contributed by atoms with van der Waals surface area (Å²) in [6.07, 6.45) is 0.844. The van der Waals surface area contributed by atoms with Crippen molar-refractivity contribution in [2.75, 3.05) is 0 Å². The third-order valence-corrected chi connectivity index (χ3v) is 1.88. The highest BCUT2D eigenvalue weighted by Crippen LogP contribution is 2.07. The number of amides is 1. The predicted molar refractivity (Wildman–Crippen MR) is 46.0 cm³/mol. The molecule has 0 radical (unpaired) electrons. The van der Waals surface area contributed by atoms with Gasteiger partial charge in [-0.15, -0.1) is 10.2 Å². The number of rotatable bonds is 3. The van der Waals surface area contributed by atoms with Gasteiger partial charge in [-0.1, -0.05) is 6.92 Å². The molecule has 0 spiro atoms. The van der Waals surface area contributed by atoms with Crippen LogP contribution in [0.15, 0.2) is 0 Å². The number of aromatic nitrogens is 4. The highest BCUT2D eigenvalue weighted by Gasteiger charge is 2.20. The first-order valence-corrected chi connectivity index (χ1v) is 4.11. The lowest BCUT2D eigenvalue weighted by Gasteiger charge is -2.23. The van der Waals surface area contributed by atoms with Crippen LogP contribution in [0, 0.1) is 0 Å². The Kier molecular flexibility index (Phi) is 2.60. The van der Waals surface area contributed by atoms with Crippen molar-refractivity contribution in [2.45, 2.75) is 32.7 Å². The molecule has 1 amide bonds. The molecule has 6 heteroatoms. The zero-order valence-corrected chi connectivity index (χ0v) is 7.96. The Balaban J connectivity index is 2.61. The van der Waals surface area contributed by atoms with Crippen LogP contribution in [0.1, 0.15) is 37.8 Å². The smallest absolute Gasteiger partial charge is 0.293 e. The normalized spacial score (nSPS) is 11.3. The van der Waals surface area contributed by atoms with Crippen molar-refractivity contribution in [3.63, 3.8) is 0 Å². The second-order valence-corrected chi connectivity index (χ2v) is 3.43. The van der Waals surface area contributed by atoms with E-state index in [0.29, 0.717) is 0 Å². The molecule has 0 aromatic carbocycles. The Morgan fingerprint density at radius 1 is 1.62 bits per heavy atom. The average Bonchev–Trinajstić information content (AvgIpc) is 2.55. The summed E-state index contributed by atoms with van der Waals surface area (Å²) >= 11 is 0. The van der Waals surface area contributed by atoms with Gasteiger partial charge in [-0.05, 0) is 25.5 Å². The number of H-pyrrole nitrogens is 1. The molecule has 0 saturated heterocycles. The highest BCUT2D eigenvalue weighted by atomic mass is 16.2. The van der Waals surface area contributed by atoms with Gasteiger partial charge in [0.25, 0.3) is 11.7 Å². The third kappa shape index (κ3) is 2.50. The quantitative estimate of drug-likeness (QED) is 0.697. The van der Waals surface area contributed by atoms with Crippen molar-refractivity contribution in [3.8, 4) is 0 Å². The minimum absolute atomic E-state index is 0.0709. The molecule has 72 valence electrons. The summed E-state index contributed by atoms with van der Waals surface area (Å²) in [5, 5.41) is 15.5. The maximum atomic E-state index is 11.4.